The summed E-state index contributed by atoms with van der Waals surface area (Å²) >= 11 is 6.22. The van der Waals surface area contributed by atoms with Gasteiger partial charge in [0.05, 0.1) is 17.1 Å². The van der Waals surface area contributed by atoms with E-state index in [1.807, 2.05) is 24.3 Å². The molecule has 2 aromatic rings. The number of halogens is 1. The van der Waals surface area contributed by atoms with E-state index in [2.05, 4.69) is 14.9 Å². The summed E-state index contributed by atoms with van der Waals surface area (Å²) in [6, 6.07) is 7.76. The molecule has 1 saturated heterocycles. The quantitative estimate of drug-likeness (QED) is 0.835. The van der Waals surface area contributed by atoms with Crippen LogP contribution in [0.4, 0.5) is 5.82 Å². The van der Waals surface area contributed by atoms with E-state index in [9.17, 15) is 0 Å². The highest BCUT2D eigenvalue weighted by Gasteiger charge is 2.25. The molecule has 1 aliphatic heterocycles. The lowest BCUT2D eigenvalue weighted by molar-refractivity contribution is 0.121. The van der Waals surface area contributed by atoms with E-state index < -0.39 is 0 Å². The highest BCUT2D eigenvalue weighted by molar-refractivity contribution is 6.32. The van der Waals surface area contributed by atoms with E-state index in [1.165, 1.54) is 0 Å². The van der Waals surface area contributed by atoms with Crippen LogP contribution in [0.25, 0.3) is 11.0 Å². The summed E-state index contributed by atoms with van der Waals surface area (Å²) < 4.78 is 5.36. The monoisotopic (exact) mass is 263 g/mol. The zero-order valence-corrected chi connectivity index (χ0v) is 10.9. The fourth-order valence-electron chi connectivity index (χ4n) is 2.28. The Balaban J connectivity index is 1.99. The molecular formula is C13H14ClN3O. The molecule has 1 fully saturated rings. The third kappa shape index (κ3) is 2.02. The minimum absolute atomic E-state index is 0.259. The first-order valence-corrected chi connectivity index (χ1v) is 6.36. The van der Waals surface area contributed by atoms with Gasteiger partial charge in [-0.1, -0.05) is 23.7 Å². The molecule has 0 amide bonds. The van der Waals surface area contributed by atoms with Gasteiger partial charge in [0.15, 0.2) is 11.0 Å². The van der Waals surface area contributed by atoms with Gasteiger partial charge in [-0.2, -0.15) is 0 Å². The second-order valence-electron chi connectivity index (χ2n) is 4.42. The van der Waals surface area contributed by atoms with Crippen molar-refractivity contribution in [3.8, 4) is 0 Å². The van der Waals surface area contributed by atoms with Gasteiger partial charge in [-0.25, -0.2) is 9.97 Å². The summed E-state index contributed by atoms with van der Waals surface area (Å²) in [6.07, 6.45) is 1.26. The van der Waals surface area contributed by atoms with Crippen LogP contribution in [0.2, 0.25) is 5.15 Å². The summed E-state index contributed by atoms with van der Waals surface area (Å²) in [6.45, 7) is 1.73. The van der Waals surface area contributed by atoms with Crippen LogP contribution < -0.4 is 4.90 Å². The fraction of sp³-hybridized carbons (Fsp3) is 0.385. The van der Waals surface area contributed by atoms with Crippen molar-refractivity contribution in [3.63, 3.8) is 0 Å². The Kier molecular flexibility index (Phi) is 3.06. The first-order valence-electron chi connectivity index (χ1n) is 5.98. The van der Waals surface area contributed by atoms with Crippen molar-refractivity contribution in [1.82, 2.24) is 9.97 Å². The van der Waals surface area contributed by atoms with Gasteiger partial charge < -0.3 is 9.64 Å². The van der Waals surface area contributed by atoms with Gasteiger partial charge in [-0.05, 0) is 18.6 Å². The number of aromatic nitrogens is 2. The molecule has 94 valence electrons. The smallest absolute Gasteiger partial charge is 0.172 e. The molecule has 0 bridgehead atoms. The topological polar surface area (TPSA) is 38.2 Å². The van der Waals surface area contributed by atoms with E-state index in [0.717, 1.165) is 36.4 Å². The number of nitrogens with zero attached hydrogens (tertiary/aromatic N) is 3. The Hall–Kier alpha value is -1.39. The first kappa shape index (κ1) is 11.7. The van der Waals surface area contributed by atoms with E-state index >= 15 is 0 Å². The number of anilines is 1. The van der Waals surface area contributed by atoms with Crippen LogP contribution in [-0.4, -0.2) is 36.3 Å². The van der Waals surface area contributed by atoms with Gasteiger partial charge >= 0.3 is 0 Å². The summed E-state index contributed by atoms with van der Waals surface area (Å²) in [5.74, 6) is 0.759. The number of para-hydroxylation sites is 2. The molecule has 18 heavy (non-hydrogen) atoms. The Morgan fingerprint density at radius 2 is 2.00 bits per heavy atom. The number of methoxy groups -OCH3 is 1. The predicted molar refractivity (Wildman–Crippen MR) is 72.2 cm³/mol. The highest BCUT2D eigenvalue weighted by atomic mass is 35.5. The number of fused-ring (bicyclic) bond motifs is 1. The molecule has 1 atom stereocenters. The van der Waals surface area contributed by atoms with Crippen molar-refractivity contribution in [2.24, 2.45) is 0 Å². The van der Waals surface area contributed by atoms with E-state index in [4.69, 9.17) is 16.3 Å². The summed E-state index contributed by atoms with van der Waals surface area (Å²) in [7, 11) is 1.74. The number of ether oxygens (including phenoxy) is 1. The number of hydrogen-bond donors (Lipinski definition) is 0. The predicted octanol–water partition coefficient (Wildman–Crippen LogP) is 2.51. The first-order chi connectivity index (χ1) is 8.78. The minimum Gasteiger partial charge on any atom is -0.380 e. The van der Waals surface area contributed by atoms with Crippen molar-refractivity contribution >= 4 is 28.5 Å². The zero-order valence-electron chi connectivity index (χ0n) is 10.1. The van der Waals surface area contributed by atoms with Crippen LogP contribution >= 0.6 is 11.6 Å². The largest absolute Gasteiger partial charge is 0.380 e. The van der Waals surface area contributed by atoms with Crippen molar-refractivity contribution in [1.29, 1.82) is 0 Å². The van der Waals surface area contributed by atoms with Gasteiger partial charge in [-0.15, -0.1) is 0 Å². The maximum Gasteiger partial charge on any atom is 0.172 e. The molecule has 3 rings (SSSR count). The lowest BCUT2D eigenvalue weighted by Crippen LogP contribution is -2.23. The Morgan fingerprint density at radius 3 is 2.67 bits per heavy atom. The van der Waals surface area contributed by atoms with Crippen molar-refractivity contribution < 1.29 is 4.74 Å². The molecule has 0 saturated carbocycles. The molecule has 0 radical (unpaired) electrons. The molecule has 5 heteroatoms. The molecule has 0 N–H and O–H groups in total. The van der Waals surface area contributed by atoms with Crippen LogP contribution in [0, 0.1) is 0 Å². The van der Waals surface area contributed by atoms with Crippen LogP contribution in [-0.2, 0) is 4.74 Å². The molecule has 1 unspecified atom stereocenters. The third-order valence-electron chi connectivity index (χ3n) is 3.29. The average Bonchev–Trinajstić information content (AvgIpc) is 2.86. The summed E-state index contributed by atoms with van der Waals surface area (Å²) in [5.41, 5.74) is 1.70. The Morgan fingerprint density at radius 1 is 1.28 bits per heavy atom. The summed E-state index contributed by atoms with van der Waals surface area (Å²) in [5, 5.41) is 0.463. The third-order valence-corrected chi connectivity index (χ3v) is 3.54. The molecular weight excluding hydrogens is 250 g/mol. The van der Waals surface area contributed by atoms with Gasteiger partial charge in [0.25, 0.3) is 0 Å². The zero-order chi connectivity index (χ0) is 12.5. The lowest BCUT2D eigenvalue weighted by atomic mass is 10.3. The van der Waals surface area contributed by atoms with E-state index in [0.29, 0.717) is 5.15 Å². The standard InChI is InChI=1S/C13H14ClN3O/c1-18-9-6-7-17(8-9)13-12(14)15-10-4-2-3-5-11(10)16-13/h2-5,9H,6-8H2,1H3. The van der Waals surface area contributed by atoms with Crippen molar-refractivity contribution in [2.75, 3.05) is 25.1 Å². The normalized spacial score (nSPS) is 19.7. The lowest BCUT2D eigenvalue weighted by Gasteiger charge is -2.18. The van der Waals surface area contributed by atoms with E-state index in [1.54, 1.807) is 7.11 Å². The van der Waals surface area contributed by atoms with Gasteiger partial charge in [0, 0.05) is 20.2 Å². The second-order valence-corrected chi connectivity index (χ2v) is 4.78. The van der Waals surface area contributed by atoms with Gasteiger partial charge in [0.1, 0.15) is 0 Å². The second kappa shape index (κ2) is 4.71. The summed E-state index contributed by atoms with van der Waals surface area (Å²) in [4.78, 5) is 11.1. The van der Waals surface area contributed by atoms with Crippen LogP contribution in [0.1, 0.15) is 6.42 Å². The Labute approximate surface area is 111 Å². The highest BCUT2D eigenvalue weighted by Crippen LogP contribution is 2.27. The molecule has 1 aliphatic rings. The molecule has 0 aliphatic carbocycles. The minimum atomic E-state index is 0.259. The van der Waals surface area contributed by atoms with Gasteiger partial charge in [0.2, 0.25) is 0 Å². The average molecular weight is 264 g/mol. The molecule has 2 heterocycles. The SMILES string of the molecule is COC1CCN(c2nc3ccccc3nc2Cl)C1. The molecule has 4 nitrogen and oxygen atoms in total. The molecule has 1 aromatic heterocycles. The molecule has 0 spiro atoms. The number of hydrogen-bond acceptors (Lipinski definition) is 4. The maximum absolute atomic E-state index is 6.22. The number of benzene rings is 1. The van der Waals surface area contributed by atoms with E-state index in [-0.39, 0.29) is 6.10 Å². The van der Waals surface area contributed by atoms with Crippen LogP contribution in [0.3, 0.4) is 0 Å². The fourth-order valence-corrected chi connectivity index (χ4v) is 2.54. The maximum atomic E-state index is 6.22. The van der Waals surface area contributed by atoms with Crippen molar-refractivity contribution in [2.45, 2.75) is 12.5 Å². The Bertz CT molecular complexity index is 575. The van der Waals surface area contributed by atoms with Crippen LogP contribution in [0.15, 0.2) is 24.3 Å². The van der Waals surface area contributed by atoms with Gasteiger partial charge in [-0.3, -0.25) is 0 Å². The molecule has 1 aromatic carbocycles. The van der Waals surface area contributed by atoms with Crippen LogP contribution in [0.5, 0.6) is 0 Å². The number of rotatable bonds is 2. The van der Waals surface area contributed by atoms with Crippen molar-refractivity contribution in [3.05, 3.63) is 29.4 Å².